The van der Waals surface area contributed by atoms with Crippen LogP contribution in [0.1, 0.15) is 58.3 Å². The molecule has 1 aliphatic rings. The molecule has 1 fully saturated rings. The molecule has 2 nitrogen and oxygen atoms in total. The van der Waals surface area contributed by atoms with Gasteiger partial charge in [-0.2, -0.15) is 0 Å². The Bertz CT molecular complexity index is 383. The van der Waals surface area contributed by atoms with E-state index in [4.69, 9.17) is 4.74 Å². The van der Waals surface area contributed by atoms with Crippen molar-refractivity contribution in [3.63, 3.8) is 0 Å². The fourth-order valence-corrected chi connectivity index (χ4v) is 3.19. The summed E-state index contributed by atoms with van der Waals surface area (Å²) in [6, 6.07) is 8.34. The smallest absolute Gasteiger partial charge is 0.120 e. The van der Waals surface area contributed by atoms with E-state index in [9.17, 15) is 0 Å². The van der Waals surface area contributed by atoms with Gasteiger partial charge in [-0.15, -0.1) is 0 Å². The van der Waals surface area contributed by atoms with Crippen molar-refractivity contribution in [3.8, 4) is 5.75 Å². The quantitative estimate of drug-likeness (QED) is 0.778. The Kier molecular flexibility index (Phi) is 5.12. The average Bonchev–Trinajstić information content (AvgIpc) is 2.46. The SMILES string of the molecule is CCCCC1(Nc2cccc(OC)c2)CCCCC1. The molecule has 0 saturated heterocycles. The van der Waals surface area contributed by atoms with Crippen LogP contribution >= 0.6 is 0 Å². The monoisotopic (exact) mass is 261 g/mol. The highest BCUT2D eigenvalue weighted by Crippen LogP contribution is 2.36. The van der Waals surface area contributed by atoms with Gasteiger partial charge >= 0.3 is 0 Å². The van der Waals surface area contributed by atoms with Gasteiger partial charge in [0.05, 0.1) is 7.11 Å². The molecule has 0 aliphatic heterocycles. The van der Waals surface area contributed by atoms with E-state index in [1.807, 2.05) is 6.07 Å². The first-order valence-electron chi connectivity index (χ1n) is 7.70. The van der Waals surface area contributed by atoms with Crippen molar-refractivity contribution in [2.75, 3.05) is 12.4 Å². The Labute approximate surface area is 117 Å². The van der Waals surface area contributed by atoms with E-state index in [2.05, 4.69) is 30.4 Å². The summed E-state index contributed by atoms with van der Waals surface area (Å²) in [7, 11) is 1.73. The van der Waals surface area contributed by atoms with Gasteiger partial charge in [0.25, 0.3) is 0 Å². The first-order chi connectivity index (χ1) is 9.28. The van der Waals surface area contributed by atoms with Crippen LogP contribution in [0.15, 0.2) is 24.3 Å². The van der Waals surface area contributed by atoms with Crippen molar-refractivity contribution < 1.29 is 4.74 Å². The molecule has 0 aromatic heterocycles. The van der Waals surface area contributed by atoms with Gasteiger partial charge in [-0.05, 0) is 31.4 Å². The lowest BCUT2D eigenvalue weighted by Gasteiger charge is -2.39. The van der Waals surface area contributed by atoms with Gasteiger partial charge in [0.2, 0.25) is 0 Å². The van der Waals surface area contributed by atoms with Crippen LogP contribution in [-0.4, -0.2) is 12.6 Å². The maximum absolute atomic E-state index is 5.32. The molecule has 0 atom stereocenters. The van der Waals surface area contributed by atoms with E-state index >= 15 is 0 Å². The van der Waals surface area contributed by atoms with E-state index in [1.54, 1.807) is 7.11 Å². The van der Waals surface area contributed by atoms with Gasteiger partial charge in [0, 0.05) is 17.3 Å². The molecule has 1 N–H and O–H groups in total. The normalized spacial score (nSPS) is 18.0. The molecular formula is C17H27NO. The molecule has 0 heterocycles. The topological polar surface area (TPSA) is 21.3 Å². The maximum atomic E-state index is 5.32. The van der Waals surface area contributed by atoms with Crippen LogP contribution < -0.4 is 10.1 Å². The minimum Gasteiger partial charge on any atom is -0.497 e. The zero-order valence-corrected chi connectivity index (χ0v) is 12.4. The predicted octanol–water partition coefficient (Wildman–Crippen LogP) is 5.00. The zero-order valence-electron chi connectivity index (χ0n) is 12.4. The summed E-state index contributed by atoms with van der Waals surface area (Å²) in [5, 5.41) is 3.82. The number of hydrogen-bond donors (Lipinski definition) is 1. The van der Waals surface area contributed by atoms with Gasteiger partial charge < -0.3 is 10.1 Å². The Hall–Kier alpha value is -1.18. The summed E-state index contributed by atoms with van der Waals surface area (Å²) in [5.41, 5.74) is 1.53. The zero-order chi connectivity index (χ0) is 13.6. The third-order valence-electron chi connectivity index (χ3n) is 4.30. The summed E-state index contributed by atoms with van der Waals surface area (Å²) in [6.45, 7) is 2.28. The van der Waals surface area contributed by atoms with Crippen LogP contribution in [-0.2, 0) is 0 Å². The molecule has 0 radical (unpaired) electrons. The lowest BCUT2D eigenvalue weighted by molar-refractivity contribution is 0.298. The van der Waals surface area contributed by atoms with Crippen molar-refractivity contribution in [1.82, 2.24) is 0 Å². The average molecular weight is 261 g/mol. The molecule has 1 saturated carbocycles. The highest BCUT2D eigenvalue weighted by molar-refractivity contribution is 5.50. The van der Waals surface area contributed by atoms with Crippen LogP contribution in [0.2, 0.25) is 0 Å². The first-order valence-corrected chi connectivity index (χ1v) is 7.70. The second-order valence-corrected chi connectivity index (χ2v) is 5.80. The summed E-state index contributed by atoms with van der Waals surface area (Å²) >= 11 is 0. The van der Waals surface area contributed by atoms with Crippen LogP contribution in [0.25, 0.3) is 0 Å². The molecule has 1 aromatic carbocycles. The molecule has 0 spiro atoms. The van der Waals surface area contributed by atoms with Crippen molar-refractivity contribution in [1.29, 1.82) is 0 Å². The van der Waals surface area contributed by atoms with Gasteiger partial charge in [-0.1, -0.05) is 45.1 Å². The molecule has 1 aromatic rings. The van der Waals surface area contributed by atoms with Crippen LogP contribution in [0.4, 0.5) is 5.69 Å². The van der Waals surface area contributed by atoms with E-state index in [0.29, 0.717) is 5.54 Å². The van der Waals surface area contributed by atoms with Crippen molar-refractivity contribution in [3.05, 3.63) is 24.3 Å². The van der Waals surface area contributed by atoms with Gasteiger partial charge in [-0.25, -0.2) is 0 Å². The number of rotatable bonds is 6. The number of benzene rings is 1. The highest BCUT2D eigenvalue weighted by Gasteiger charge is 2.31. The minimum atomic E-state index is 0.320. The van der Waals surface area contributed by atoms with Crippen molar-refractivity contribution in [2.24, 2.45) is 0 Å². The number of ether oxygens (including phenoxy) is 1. The fourth-order valence-electron chi connectivity index (χ4n) is 3.19. The third kappa shape index (κ3) is 3.89. The van der Waals surface area contributed by atoms with E-state index in [-0.39, 0.29) is 0 Å². The minimum absolute atomic E-state index is 0.320. The van der Waals surface area contributed by atoms with E-state index < -0.39 is 0 Å². The molecule has 19 heavy (non-hydrogen) atoms. The van der Waals surface area contributed by atoms with E-state index in [1.165, 1.54) is 57.1 Å². The molecule has 0 unspecified atom stereocenters. The number of anilines is 1. The Balaban J connectivity index is 2.09. The van der Waals surface area contributed by atoms with Crippen LogP contribution in [0.3, 0.4) is 0 Å². The first kappa shape index (κ1) is 14.2. The second-order valence-electron chi connectivity index (χ2n) is 5.80. The molecule has 0 amide bonds. The van der Waals surface area contributed by atoms with Gasteiger partial charge in [0.1, 0.15) is 5.75 Å². The van der Waals surface area contributed by atoms with Gasteiger partial charge in [0.15, 0.2) is 0 Å². The van der Waals surface area contributed by atoms with E-state index in [0.717, 1.165) is 5.75 Å². The molecular weight excluding hydrogens is 234 g/mol. The summed E-state index contributed by atoms with van der Waals surface area (Å²) in [4.78, 5) is 0. The number of methoxy groups -OCH3 is 1. The van der Waals surface area contributed by atoms with Crippen molar-refractivity contribution >= 4 is 5.69 Å². The lowest BCUT2D eigenvalue weighted by atomic mass is 9.78. The standard InChI is InChI=1S/C17H27NO/c1-3-4-11-17(12-6-5-7-13-17)18-15-9-8-10-16(14-15)19-2/h8-10,14,18H,3-7,11-13H2,1-2H3. The summed E-state index contributed by atoms with van der Waals surface area (Å²) < 4.78 is 5.32. The molecule has 106 valence electrons. The molecule has 2 rings (SSSR count). The summed E-state index contributed by atoms with van der Waals surface area (Å²) in [5.74, 6) is 0.937. The highest BCUT2D eigenvalue weighted by atomic mass is 16.5. The second kappa shape index (κ2) is 6.83. The molecule has 2 heteroatoms. The fraction of sp³-hybridized carbons (Fsp3) is 0.647. The Morgan fingerprint density at radius 1 is 1.21 bits per heavy atom. The number of nitrogens with one attached hydrogen (secondary N) is 1. The molecule has 0 bridgehead atoms. The van der Waals surface area contributed by atoms with Crippen LogP contribution in [0.5, 0.6) is 5.75 Å². The maximum Gasteiger partial charge on any atom is 0.120 e. The third-order valence-corrected chi connectivity index (χ3v) is 4.30. The number of hydrogen-bond acceptors (Lipinski definition) is 2. The lowest BCUT2D eigenvalue weighted by Crippen LogP contribution is -2.40. The Morgan fingerprint density at radius 2 is 2.00 bits per heavy atom. The van der Waals surface area contributed by atoms with Crippen LogP contribution in [0, 0.1) is 0 Å². The molecule has 1 aliphatic carbocycles. The largest absolute Gasteiger partial charge is 0.497 e. The Morgan fingerprint density at radius 3 is 2.68 bits per heavy atom. The van der Waals surface area contributed by atoms with Gasteiger partial charge in [-0.3, -0.25) is 0 Å². The number of unbranched alkanes of at least 4 members (excludes halogenated alkanes) is 1. The predicted molar refractivity (Wildman–Crippen MR) is 82.0 cm³/mol. The summed E-state index contributed by atoms with van der Waals surface area (Å²) in [6.07, 6.45) is 10.6. The van der Waals surface area contributed by atoms with Crippen molar-refractivity contribution in [2.45, 2.75) is 63.8 Å².